The molecule has 0 aliphatic rings. The molecule has 0 amide bonds. The molecule has 0 aromatic heterocycles. The Hall–Kier alpha value is -1.15. The Labute approximate surface area is 90.7 Å². The summed E-state index contributed by atoms with van der Waals surface area (Å²) in [4.78, 5) is 25.3. The number of ether oxygens (including phenoxy) is 1. The fourth-order valence-corrected chi connectivity index (χ4v) is 1.05. The fourth-order valence-electron chi connectivity index (χ4n) is 1.05. The summed E-state index contributed by atoms with van der Waals surface area (Å²) in [7, 11) is 0. The summed E-state index contributed by atoms with van der Waals surface area (Å²) in [6, 6.07) is -0.758. The average Bonchev–Trinajstić information content (AvgIpc) is 2.12. The Morgan fingerprint density at radius 1 is 1.47 bits per heavy atom. The number of carbonyl (C=O) groups is 1. The lowest BCUT2D eigenvalue weighted by molar-refractivity contribution is -0.147. The van der Waals surface area contributed by atoms with Gasteiger partial charge in [0.25, 0.3) is 0 Å². The lowest BCUT2D eigenvalue weighted by atomic mass is 9.87. The van der Waals surface area contributed by atoms with Crippen LogP contribution in [0.2, 0.25) is 0 Å². The molecule has 0 radical (unpaired) electrons. The zero-order valence-electron chi connectivity index (χ0n) is 9.87. The van der Waals surface area contributed by atoms with Crippen molar-refractivity contribution < 1.29 is 14.3 Å². The van der Waals surface area contributed by atoms with Crippen molar-refractivity contribution in [2.24, 2.45) is 10.4 Å². The zero-order chi connectivity index (χ0) is 11.9. The maximum Gasteiger partial charge on any atom is 0.332 e. The highest BCUT2D eigenvalue weighted by Crippen LogP contribution is 2.23. The second-order valence-corrected chi connectivity index (χ2v) is 4.51. The number of carbonyl (C=O) groups excluding carboxylic acids is 2. The number of unbranched alkanes of at least 4 members (excludes halogenated alkanes) is 1. The van der Waals surface area contributed by atoms with Gasteiger partial charge in [-0.25, -0.2) is 9.59 Å². The van der Waals surface area contributed by atoms with Crippen LogP contribution in [-0.2, 0) is 14.3 Å². The Morgan fingerprint density at radius 2 is 2.07 bits per heavy atom. The van der Waals surface area contributed by atoms with Gasteiger partial charge in [0.2, 0.25) is 6.08 Å². The number of hydrogen-bond donors (Lipinski definition) is 0. The highest BCUT2D eigenvalue weighted by atomic mass is 16.5. The summed E-state index contributed by atoms with van der Waals surface area (Å²) < 4.78 is 5.01. The van der Waals surface area contributed by atoms with E-state index in [0.29, 0.717) is 6.61 Å². The molecule has 4 nitrogen and oxygen atoms in total. The summed E-state index contributed by atoms with van der Waals surface area (Å²) in [5.41, 5.74) is -0.416. The smallest absolute Gasteiger partial charge is 0.332 e. The number of esters is 1. The third-order valence-corrected chi connectivity index (χ3v) is 1.97. The van der Waals surface area contributed by atoms with Crippen LogP contribution in [0.25, 0.3) is 0 Å². The molecular weight excluding hydrogens is 194 g/mol. The number of rotatable bonds is 5. The Bertz CT molecular complexity index is 249. The second kappa shape index (κ2) is 6.36. The molecule has 86 valence electrons. The molecule has 1 atom stereocenters. The Morgan fingerprint density at radius 3 is 2.47 bits per heavy atom. The number of aliphatic imine (C=N–C) groups is 1. The maximum absolute atomic E-state index is 11.6. The standard InChI is InChI=1S/C11H19NO3/c1-5-6-7-15-10(14)9(12-8-13)11(2,3)4/h9H,5-7H2,1-4H3/t9-/m1/s1. The van der Waals surface area contributed by atoms with Crippen molar-refractivity contribution in [3.8, 4) is 0 Å². The molecule has 0 heterocycles. The van der Waals surface area contributed by atoms with E-state index in [1.54, 1.807) is 0 Å². The van der Waals surface area contributed by atoms with Gasteiger partial charge in [-0.05, 0) is 11.8 Å². The van der Waals surface area contributed by atoms with Crippen molar-refractivity contribution in [2.45, 2.75) is 46.6 Å². The van der Waals surface area contributed by atoms with Crippen LogP contribution in [0.4, 0.5) is 0 Å². The van der Waals surface area contributed by atoms with E-state index in [9.17, 15) is 9.59 Å². The summed E-state index contributed by atoms with van der Waals surface area (Å²) in [6.45, 7) is 7.90. The van der Waals surface area contributed by atoms with Crippen LogP contribution in [0.1, 0.15) is 40.5 Å². The third kappa shape index (κ3) is 5.33. The average molecular weight is 213 g/mol. The highest BCUT2D eigenvalue weighted by molar-refractivity contribution is 5.77. The Kier molecular flexibility index (Phi) is 5.87. The summed E-state index contributed by atoms with van der Waals surface area (Å²) in [5.74, 6) is -0.445. The van der Waals surface area contributed by atoms with E-state index in [0.717, 1.165) is 12.8 Å². The van der Waals surface area contributed by atoms with Crippen molar-refractivity contribution in [3.63, 3.8) is 0 Å². The Balaban J connectivity index is 4.37. The fraction of sp³-hybridized carbons (Fsp3) is 0.818. The molecule has 0 spiro atoms. The molecule has 0 bridgehead atoms. The van der Waals surface area contributed by atoms with Gasteiger partial charge in [-0.3, -0.25) is 0 Å². The molecule has 0 aromatic rings. The summed E-state index contributed by atoms with van der Waals surface area (Å²) in [6.07, 6.45) is 3.21. The van der Waals surface area contributed by atoms with Crippen molar-refractivity contribution in [1.82, 2.24) is 0 Å². The lowest BCUT2D eigenvalue weighted by Gasteiger charge is -2.23. The third-order valence-electron chi connectivity index (χ3n) is 1.97. The topological polar surface area (TPSA) is 55.7 Å². The molecule has 15 heavy (non-hydrogen) atoms. The van der Waals surface area contributed by atoms with Crippen LogP contribution in [-0.4, -0.2) is 24.7 Å². The minimum Gasteiger partial charge on any atom is -0.464 e. The largest absolute Gasteiger partial charge is 0.464 e. The monoisotopic (exact) mass is 213 g/mol. The zero-order valence-corrected chi connectivity index (χ0v) is 9.87. The van der Waals surface area contributed by atoms with E-state index in [1.165, 1.54) is 6.08 Å². The van der Waals surface area contributed by atoms with E-state index in [-0.39, 0.29) is 0 Å². The predicted molar refractivity (Wildman–Crippen MR) is 57.2 cm³/mol. The molecule has 0 aliphatic heterocycles. The van der Waals surface area contributed by atoms with Crippen LogP contribution >= 0.6 is 0 Å². The van der Waals surface area contributed by atoms with Gasteiger partial charge >= 0.3 is 5.97 Å². The molecule has 0 rings (SSSR count). The minimum absolute atomic E-state index is 0.385. The van der Waals surface area contributed by atoms with Crippen LogP contribution in [0.5, 0.6) is 0 Å². The number of nitrogens with zero attached hydrogens (tertiary/aromatic N) is 1. The van der Waals surface area contributed by atoms with E-state index < -0.39 is 17.4 Å². The van der Waals surface area contributed by atoms with Gasteiger partial charge < -0.3 is 4.74 Å². The van der Waals surface area contributed by atoms with E-state index in [2.05, 4.69) is 4.99 Å². The first-order valence-corrected chi connectivity index (χ1v) is 5.17. The number of isocyanates is 1. The predicted octanol–water partition coefficient (Wildman–Crippen LogP) is 2.08. The molecule has 0 N–H and O–H groups in total. The molecular formula is C11H19NO3. The molecule has 0 saturated carbocycles. The van der Waals surface area contributed by atoms with Crippen molar-refractivity contribution in [1.29, 1.82) is 0 Å². The van der Waals surface area contributed by atoms with Crippen LogP contribution in [0.3, 0.4) is 0 Å². The van der Waals surface area contributed by atoms with E-state index in [1.807, 2.05) is 27.7 Å². The molecule has 0 saturated heterocycles. The normalized spacial score (nSPS) is 12.8. The van der Waals surface area contributed by atoms with Gasteiger partial charge in [-0.1, -0.05) is 34.1 Å². The van der Waals surface area contributed by atoms with Crippen molar-refractivity contribution >= 4 is 12.0 Å². The van der Waals surface area contributed by atoms with Gasteiger partial charge in [0.15, 0.2) is 6.04 Å². The first kappa shape index (κ1) is 13.8. The minimum atomic E-state index is -0.758. The summed E-state index contributed by atoms with van der Waals surface area (Å²) >= 11 is 0. The molecule has 4 heteroatoms. The lowest BCUT2D eigenvalue weighted by Crippen LogP contribution is -2.34. The van der Waals surface area contributed by atoms with Gasteiger partial charge in [0, 0.05) is 0 Å². The quantitative estimate of drug-likeness (QED) is 0.304. The summed E-state index contributed by atoms with van der Waals surface area (Å²) in [5, 5.41) is 0. The second-order valence-electron chi connectivity index (χ2n) is 4.51. The SMILES string of the molecule is CCCCOC(=O)[C@@H](N=C=O)C(C)(C)C. The number of hydrogen-bond acceptors (Lipinski definition) is 4. The maximum atomic E-state index is 11.6. The van der Waals surface area contributed by atoms with Gasteiger partial charge in [0.1, 0.15) is 0 Å². The van der Waals surface area contributed by atoms with Crippen LogP contribution in [0.15, 0.2) is 4.99 Å². The first-order chi connectivity index (χ1) is 6.93. The van der Waals surface area contributed by atoms with Crippen molar-refractivity contribution in [2.75, 3.05) is 6.61 Å². The van der Waals surface area contributed by atoms with E-state index in [4.69, 9.17) is 4.74 Å². The van der Waals surface area contributed by atoms with Crippen LogP contribution < -0.4 is 0 Å². The van der Waals surface area contributed by atoms with Gasteiger partial charge in [0.05, 0.1) is 6.61 Å². The van der Waals surface area contributed by atoms with E-state index >= 15 is 0 Å². The first-order valence-electron chi connectivity index (χ1n) is 5.17. The van der Waals surface area contributed by atoms with Crippen LogP contribution in [0, 0.1) is 5.41 Å². The van der Waals surface area contributed by atoms with Gasteiger partial charge in [-0.2, -0.15) is 4.99 Å². The molecule has 0 fully saturated rings. The van der Waals surface area contributed by atoms with Gasteiger partial charge in [-0.15, -0.1) is 0 Å². The molecule has 0 aromatic carbocycles. The highest BCUT2D eigenvalue weighted by Gasteiger charge is 2.32. The molecule has 0 unspecified atom stereocenters. The van der Waals surface area contributed by atoms with Crippen molar-refractivity contribution in [3.05, 3.63) is 0 Å². The molecule has 0 aliphatic carbocycles.